The number of alkyl halides is 1. The van der Waals surface area contributed by atoms with Gasteiger partial charge in [-0.2, -0.15) is 9.49 Å². The van der Waals surface area contributed by atoms with E-state index in [1.807, 2.05) is 65.0 Å². The van der Waals surface area contributed by atoms with Crippen LogP contribution >= 0.6 is 0 Å². The zero-order chi connectivity index (χ0) is 23.4. The van der Waals surface area contributed by atoms with Crippen molar-refractivity contribution in [2.75, 3.05) is 6.54 Å². The van der Waals surface area contributed by atoms with Gasteiger partial charge < -0.3 is 4.90 Å². The zero-order valence-corrected chi connectivity index (χ0v) is 19.0. The van der Waals surface area contributed by atoms with Crippen molar-refractivity contribution in [3.8, 4) is 0 Å². The number of nitrogens with zero attached hydrogens (tertiary/aromatic N) is 5. The van der Waals surface area contributed by atoms with Crippen molar-refractivity contribution in [1.82, 2.24) is 24.6 Å². The van der Waals surface area contributed by atoms with E-state index in [0.29, 0.717) is 17.8 Å². The summed E-state index contributed by atoms with van der Waals surface area (Å²) in [5.41, 5.74) is 2.94. The highest BCUT2D eigenvalue weighted by Gasteiger charge is 2.54. The summed E-state index contributed by atoms with van der Waals surface area (Å²) >= 11 is 0. The molecule has 3 fully saturated rings. The molecule has 2 aliphatic heterocycles. The van der Waals surface area contributed by atoms with Crippen LogP contribution < -0.4 is 0 Å². The molecule has 6 nitrogen and oxygen atoms in total. The zero-order valence-electron chi connectivity index (χ0n) is 19.0. The first-order chi connectivity index (χ1) is 16.5. The van der Waals surface area contributed by atoms with Crippen molar-refractivity contribution in [1.29, 1.82) is 0 Å². The van der Waals surface area contributed by atoms with Gasteiger partial charge in [0, 0.05) is 30.4 Å². The molecule has 2 aromatic heterocycles. The third-order valence-corrected chi connectivity index (χ3v) is 7.39. The molecule has 0 radical (unpaired) electrons. The first-order valence-electron chi connectivity index (χ1n) is 11.9. The van der Waals surface area contributed by atoms with Gasteiger partial charge in [0.05, 0.1) is 18.3 Å². The van der Waals surface area contributed by atoms with Gasteiger partial charge in [-0.05, 0) is 43.4 Å². The quantitative estimate of drug-likeness (QED) is 0.519. The molecule has 0 spiro atoms. The molecular formula is C26H27F2N5O. The summed E-state index contributed by atoms with van der Waals surface area (Å²) in [7, 11) is 0. The van der Waals surface area contributed by atoms with Crippen LogP contribution in [0.5, 0.6) is 0 Å². The summed E-state index contributed by atoms with van der Waals surface area (Å²) in [4.78, 5) is 21.9. The fraction of sp³-hybridized carbons (Fsp3) is 0.423. The molecule has 8 heteroatoms. The van der Waals surface area contributed by atoms with E-state index in [0.717, 1.165) is 24.1 Å². The lowest BCUT2D eigenvalue weighted by Gasteiger charge is -2.36. The molecule has 3 aliphatic rings. The Balaban J connectivity index is 1.45. The molecule has 1 aliphatic carbocycles. The van der Waals surface area contributed by atoms with E-state index in [4.69, 9.17) is 0 Å². The van der Waals surface area contributed by atoms with E-state index in [1.54, 1.807) is 11.1 Å². The maximum Gasteiger partial charge on any atom is 0.242 e. The van der Waals surface area contributed by atoms with Gasteiger partial charge >= 0.3 is 0 Å². The van der Waals surface area contributed by atoms with Gasteiger partial charge in [0.1, 0.15) is 18.4 Å². The Morgan fingerprint density at radius 3 is 2.59 bits per heavy atom. The monoisotopic (exact) mass is 463 g/mol. The van der Waals surface area contributed by atoms with Crippen LogP contribution in [0.15, 0.2) is 54.7 Å². The van der Waals surface area contributed by atoms with Crippen molar-refractivity contribution >= 4 is 5.91 Å². The van der Waals surface area contributed by atoms with Gasteiger partial charge in [0.2, 0.25) is 11.9 Å². The highest BCUT2D eigenvalue weighted by atomic mass is 19.1. The fourth-order valence-electron chi connectivity index (χ4n) is 5.52. The molecule has 2 saturated heterocycles. The molecule has 0 bridgehead atoms. The number of carbonyl (C=O) groups excluding carboxylic acids is 1. The van der Waals surface area contributed by atoms with Gasteiger partial charge in [0.25, 0.3) is 0 Å². The summed E-state index contributed by atoms with van der Waals surface area (Å²) in [5, 5.41) is 4.41. The summed E-state index contributed by atoms with van der Waals surface area (Å²) in [6.45, 7) is 2.55. The average Bonchev–Trinajstić information content (AvgIpc) is 3.41. The second-order valence-electron chi connectivity index (χ2n) is 9.63. The van der Waals surface area contributed by atoms with Gasteiger partial charge in [-0.15, -0.1) is 0 Å². The lowest BCUT2D eigenvalue weighted by atomic mass is 9.99. The largest absolute Gasteiger partial charge is 0.311 e. The Bertz CT molecular complexity index is 1210. The predicted molar refractivity (Wildman–Crippen MR) is 122 cm³/mol. The molecular weight excluding hydrogens is 436 g/mol. The van der Waals surface area contributed by atoms with E-state index in [2.05, 4.69) is 10.1 Å². The molecule has 34 heavy (non-hydrogen) atoms. The molecule has 1 amide bonds. The van der Waals surface area contributed by atoms with E-state index in [9.17, 15) is 9.18 Å². The molecule has 6 rings (SSSR count). The maximum atomic E-state index is 15.0. The Morgan fingerprint density at radius 1 is 1.12 bits per heavy atom. The minimum absolute atomic E-state index is 0.141. The van der Waals surface area contributed by atoms with Gasteiger partial charge in [0.15, 0.2) is 0 Å². The van der Waals surface area contributed by atoms with Crippen LogP contribution in [0.4, 0.5) is 8.78 Å². The molecule has 4 heterocycles. The minimum atomic E-state index is -1.04. The molecule has 0 N–H and O–H groups in total. The highest BCUT2D eigenvalue weighted by molar-refractivity contribution is 5.85. The van der Waals surface area contributed by atoms with Crippen LogP contribution in [0.2, 0.25) is 0 Å². The second-order valence-corrected chi connectivity index (χ2v) is 9.63. The first-order valence-corrected chi connectivity index (χ1v) is 11.9. The van der Waals surface area contributed by atoms with Crippen molar-refractivity contribution in [3.05, 3.63) is 83.2 Å². The van der Waals surface area contributed by atoms with Gasteiger partial charge in [-0.1, -0.05) is 36.4 Å². The number of benzene rings is 1. The summed E-state index contributed by atoms with van der Waals surface area (Å²) in [6, 6.07) is 14.0. The number of amides is 1. The topological polar surface area (TPSA) is 54.3 Å². The lowest BCUT2D eigenvalue weighted by molar-refractivity contribution is -0.132. The van der Waals surface area contributed by atoms with Crippen molar-refractivity contribution in [3.63, 3.8) is 0 Å². The number of carbonyl (C=O) groups is 1. The Hall–Kier alpha value is -3.13. The van der Waals surface area contributed by atoms with Gasteiger partial charge in [-0.25, -0.2) is 9.37 Å². The summed E-state index contributed by atoms with van der Waals surface area (Å²) in [6.07, 6.45) is 2.40. The molecule has 176 valence electrons. The second kappa shape index (κ2) is 8.27. The predicted octanol–water partition coefficient (Wildman–Crippen LogP) is 3.97. The number of rotatable bonds is 6. The van der Waals surface area contributed by atoms with E-state index >= 15 is 4.39 Å². The van der Waals surface area contributed by atoms with E-state index in [-0.39, 0.29) is 24.8 Å². The summed E-state index contributed by atoms with van der Waals surface area (Å²) in [5.74, 6) is -0.360. The normalized spacial score (nSPS) is 25.7. The standard InChI is InChI=1S/C26H27F2N5O/c1-16-11-12-29-32(16)15-23-31-14-19(27)13-22(31)26(34)33(23)24(18-5-3-2-4-6-18)21-10-9-20(17-7-8-17)25(28)30-21/h2-6,9-12,17,19,22-24H,7-8,13-15H2,1H3/t19-,22+,23?,24+/m1/s1. The Labute approximate surface area is 197 Å². The lowest BCUT2D eigenvalue weighted by Crippen LogP contribution is -2.46. The van der Waals surface area contributed by atoms with Crippen LogP contribution in [-0.2, 0) is 11.3 Å². The SMILES string of the molecule is Cc1ccnn1CC1N2C[C@H](F)C[C@H]2C(=O)N1[C@@H](c1ccccc1)c1ccc(C2CC2)c(F)n1. The van der Waals surface area contributed by atoms with E-state index < -0.39 is 30.4 Å². The van der Waals surface area contributed by atoms with Crippen LogP contribution in [0.1, 0.15) is 53.7 Å². The molecule has 1 aromatic carbocycles. The minimum Gasteiger partial charge on any atom is -0.311 e. The van der Waals surface area contributed by atoms with Crippen LogP contribution in [0, 0.1) is 12.9 Å². The van der Waals surface area contributed by atoms with E-state index in [1.165, 1.54) is 0 Å². The van der Waals surface area contributed by atoms with Crippen LogP contribution in [-0.4, -0.2) is 55.4 Å². The van der Waals surface area contributed by atoms with Crippen LogP contribution in [0.25, 0.3) is 0 Å². The Morgan fingerprint density at radius 2 is 1.91 bits per heavy atom. The number of hydrogen-bond donors (Lipinski definition) is 0. The molecule has 3 aromatic rings. The molecule has 1 unspecified atom stereocenters. The Kier molecular flexibility index (Phi) is 5.21. The van der Waals surface area contributed by atoms with Gasteiger partial charge in [-0.3, -0.25) is 14.4 Å². The van der Waals surface area contributed by atoms with Crippen LogP contribution in [0.3, 0.4) is 0 Å². The third-order valence-electron chi connectivity index (χ3n) is 7.39. The average molecular weight is 464 g/mol. The smallest absolute Gasteiger partial charge is 0.242 e. The molecule has 4 atom stereocenters. The molecule has 1 saturated carbocycles. The maximum absolute atomic E-state index is 15.0. The third kappa shape index (κ3) is 3.60. The number of aromatic nitrogens is 3. The number of hydrogen-bond acceptors (Lipinski definition) is 4. The number of aryl methyl sites for hydroxylation is 1. The number of halogens is 2. The first kappa shape index (κ1) is 21.4. The number of fused-ring (bicyclic) bond motifs is 1. The summed E-state index contributed by atoms with van der Waals surface area (Å²) < 4.78 is 31.3. The highest BCUT2D eigenvalue weighted by Crippen LogP contribution is 2.43. The van der Waals surface area contributed by atoms with Crippen molar-refractivity contribution in [2.45, 2.75) is 63.1 Å². The van der Waals surface area contributed by atoms with Crippen molar-refractivity contribution < 1.29 is 13.6 Å². The number of pyridine rings is 1. The van der Waals surface area contributed by atoms with Crippen molar-refractivity contribution in [2.24, 2.45) is 0 Å². The fourth-order valence-corrected chi connectivity index (χ4v) is 5.52.